The van der Waals surface area contributed by atoms with Crippen LogP contribution in [-0.2, 0) is 23.9 Å². The maximum atomic E-state index is 13.4. The Morgan fingerprint density at radius 2 is 0.877 bits per heavy atom. The Morgan fingerprint density at radius 1 is 0.509 bits per heavy atom. The van der Waals surface area contributed by atoms with Gasteiger partial charge in [0, 0.05) is 6.42 Å². The van der Waals surface area contributed by atoms with Gasteiger partial charge in [-0.2, -0.15) is 0 Å². The fraction of sp³-hybridized carbons (Fsp3) is 0.913. The SMILES string of the molecule is Br.CCCCCCCCCCCCCCCC(=O)OC(CCCCCCCCCCCCCCC)CC(=O)N[C@@H](CCCCN)C(=O)N[C@@H](CCCCN)C(=O)O.[H+].[H+]. The molecule has 0 aliphatic heterocycles. The molecule has 0 saturated carbocycles. The quantitative estimate of drug-likeness (QED) is 0.0297. The molecule has 338 valence electrons. The number of carboxylic acids is 1. The number of halogens is 1. The number of amides is 2. The zero-order valence-corrected chi connectivity index (χ0v) is 38.7. The Hall–Kier alpha value is -1.72. The standard InChI is InChI=1S/C46H90N4O6.BrH/c1-3-5-7-9-11-13-15-17-19-21-23-25-27-33-40(56-44(52)36-28-26-24-22-20-18-16-14-12-10-8-6-4-2)39-43(51)49-41(34-29-31-37-47)45(53)50-42(46(54)55)35-30-32-38-48;/h40-42H,3-39,47-48H2,1-2H3,(H,49,51)(H,50,53)(H,54,55);1H/p+2/t40?,41-,42-;/m0./s1. The maximum absolute atomic E-state index is 13.4. The minimum atomic E-state index is -1.12. The van der Waals surface area contributed by atoms with E-state index in [9.17, 15) is 24.3 Å². The number of carbonyl (C=O) groups excluding carboxylic acids is 3. The first-order valence-electron chi connectivity index (χ1n) is 23.7. The summed E-state index contributed by atoms with van der Waals surface area (Å²) in [6.45, 7) is 5.41. The third kappa shape index (κ3) is 38.2. The molecule has 0 aromatic carbocycles. The van der Waals surface area contributed by atoms with E-state index in [1.807, 2.05) is 0 Å². The molecular weight excluding hydrogens is 784 g/mol. The van der Waals surface area contributed by atoms with E-state index in [0.717, 1.165) is 38.5 Å². The molecule has 3 atom stereocenters. The van der Waals surface area contributed by atoms with Gasteiger partial charge in [-0.3, -0.25) is 14.4 Å². The summed E-state index contributed by atoms with van der Waals surface area (Å²) in [6, 6.07) is -1.96. The Balaban J connectivity index is -0.00000504. The van der Waals surface area contributed by atoms with Crippen LogP contribution < -0.4 is 22.1 Å². The fourth-order valence-corrected chi connectivity index (χ4v) is 7.37. The minimum absolute atomic E-state index is 0. The predicted molar refractivity (Wildman–Crippen MR) is 245 cm³/mol. The van der Waals surface area contributed by atoms with Crippen LogP contribution in [-0.4, -0.2) is 60.1 Å². The highest BCUT2D eigenvalue weighted by molar-refractivity contribution is 8.93. The number of carboxylic acid groups (broad SMARTS) is 1. The van der Waals surface area contributed by atoms with E-state index in [1.165, 1.54) is 128 Å². The summed E-state index contributed by atoms with van der Waals surface area (Å²) in [7, 11) is 0. The average Bonchev–Trinajstić information content (AvgIpc) is 3.17. The molecule has 10 nitrogen and oxygen atoms in total. The van der Waals surface area contributed by atoms with Crippen molar-refractivity contribution in [2.24, 2.45) is 11.5 Å². The van der Waals surface area contributed by atoms with Gasteiger partial charge in [-0.1, -0.05) is 168 Å². The minimum Gasteiger partial charge on any atom is -0.480 e. The summed E-state index contributed by atoms with van der Waals surface area (Å²) in [5, 5.41) is 15.2. The van der Waals surface area contributed by atoms with Gasteiger partial charge in [-0.15, -0.1) is 17.0 Å². The number of rotatable bonds is 43. The molecule has 0 spiro atoms. The molecule has 2 amide bonds. The monoisotopic (exact) mass is 877 g/mol. The highest BCUT2D eigenvalue weighted by Crippen LogP contribution is 2.18. The van der Waals surface area contributed by atoms with E-state index in [4.69, 9.17) is 16.2 Å². The van der Waals surface area contributed by atoms with Gasteiger partial charge >= 0.3 is 14.8 Å². The number of nitrogens with one attached hydrogen (secondary N) is 2. The van der Waals surface area contributed by atoms with Crippen LogP contribution in [0.5, 0.6) is 0 Å². The lowest BCUT2D eigenvalue weighted by atomic mass is 10.0. The van der Waals surface area contributed by atoms with Gasteiger partial charge < -0.3 is 31.9 Å². The lowest BCUT2D eigenvalue weighted by Gasteiger charge is -2.23. The van der Waals surface area contributed by atoms with Crippen molar-refractivity contribution in [3.63, 3.8) is 0 Å². The van der Waals surface area contributed by atoms with Crippen LogP contribution in [0.2, 0.25) is 0 Å². The van der Waals surface area contributed by atoms with Crippen LogP contribution in [0.15, 0.2) is 0 Å². The summed E-state index contributed by atoms with van der Waals surface area (Å²) in [5.41, 5.74) is 11.3. The van der Waals surface area contributed by atoms with Crippen LogP contribution in [0.3, 0.4) is 0 Å². The molecule has 11 heteroatoms. The molecule has 0 aliphatic carbocycles. The van der Waals surface area contributed by atoms with Crippen molar-refractivity contribution in [1.29, 1.82) is 0 Å². The Kier molecular flexibility index (Phi) is 44.1. The molecule has 7 N–H and O–H groups in total. The highest BCUT2D eigenvalue weighted by Gasteiger charge is 2.27. The molecule has 0 heterocycles. The van der Waals surface area contributed by atoms with Crippen molar-refractivity contribution in [1.82, 2.24) is 10.6 Å². The second-order valence-electron chi connectivity index (χ2n) is 16.4. The molecule has 1 unspecified atom stereocenters. The lowest BCUT2D eigenvalue weighted by molar-refractivity contribution is -0.151. The van der Waals surface area contributed by atoms with Gasteiger partial charge in [-0.05, 0) is 70.9 Å². The first-order chi connectivity index (χ1) is 27.3. The molecule has 0 bridgehead atoms. The Morgan fingerprint density at radius 3 is 1.28 bits per heavy atom. The number of esters is 1. The highest BCUT2D eigenvalue weighted by atomic mass is 79.9. The normalized spacial score (nSPS) is 12.7. The fourth-order valence-electron chi connectivity index (χ4n) is 7.37. The second kappa shape index (κ2) is 43.8. The lowest BCUT2D eigenvalue weighted by Crippen LogP contribution is -2.52. The average molecular weight is 878 g/mol. The van der Waals surface area contributed by atoms with Crippen LogP contribution in [0, 0.1) is 0 Å². The van der Waals surface area contributed by atoms with Gasteiger partial charge in [0.25, 0.3) is 0 Å². The molecule has 0 aromatic rings. The van der Waals surface area contributed by atoms with Crippen molar-refractivity contribution >= 4 is 40.7 Å². The number of nitrogens with two attached hydrogens (primary N) is 2. The molecule has 57 heavy (non-hydrogen) atoms. The number of hydrogen-bond acceptors (Lipinski definition) is 7. The molecule has 0 rings (SSSR count). The van der Waals surface area contributed by atoms with E-state index in [2.05, 4.69) is 24.5 Å². The third-order valence-corrected chi connectivity index (χ3v) is 11.0. The summed E-state index contributed by atoms with van der Waals surface area (Å²) >= 11 is 0. The molecule has 0 fully saturated rings. The number of carbonyl (C=O) groups is 4. The van der Waals surface area contributed by atoms with Crippen LogP contribution in [0.4, 0.5) is 0 Å². The van der Waals surface area contributed by atoms with Crippen molar-refractivity contribution in [2.45, 2.75) is 257 Å². The Bertz CT molecular complexity index is 955. The number of unbranched alkanes of at least 4 members (excludes halogenated alkanes) is 26. The topological polar surface area (TPSA) is 174 Å². The van der Waals surface area contributed by atoms with Crippen molar-refractivity contribution in [3.05, 3.63) is 0 Å². The molecule has 0 aromatic heterocycles. The smallest absolute Gasteiger partial charge is 0.480 e. The van der Waals surface area contributed by atoms with E-state index < -0.39 is 30.1 Å². The van der Waals surface area contributed by atoms with Crippen molar-refractivity contribution in [2.75, 3.05) is 13.1 Å². The molecule has 0 aliphatic rings. The Labute approximate surface area is 363 Å². The van der Waals surface area contributed by atoms with Crippen LogP contribution in [0.1, 0.15) is 241 Å². The number of ether oxygens (including phenoxy) is 1. The first-order valence-corrected chi connectivity index (χ1v) is 23.7. The van der Waals surface area contributed by atoms with Crippen molar-refractivity contribution < 1.29 is 31.9 Å². The summed E-state index contributed by atoms with van der Waals surface area (Å²) in [5.74, 6) is -2.28. The molecule has 0 saturated heterocycles. The molecular formula is C46H93BrN4O6+2. The van der Waals surface area contributed by atoms with Crippen LogP contribution >= 0.6 is 17.0 Å². The zero-order chi connectivity index (χ0) is 41.3. The summed E-state index contributed by atoms with van der Waals surface area (Å²) in [4.78, 5) is 51.5. The summed E-state index contributed by atoms with van der Waals surface area (Å²) < 4.78 is 5.92. The van der Waals surface area contributed by atoms with Gasteiger partial charge in [0.15, 0.2) is 0 Å². The van der Waals surface area contributed by atoms with E-state index >= 15 is 0 Å². The third-order valence-electron chi connectivity index (χ3n) is 11.0. The number of aliphatic carboxylic acids is 1. The van der Waals surface area contributed by atoms with E-state index in [0.29, 0.717) is 58.0 Å². The maximum Gasteiger partial charge on any atom is 1.00 e. The van der Waals surface area contributed by atoms with Gasteiger partial charge in [-0.25, -0.2) is 4.79 Å². The van der Waals surface area contributed by atoms with Crippen LogP contribution in [0.25, 0.3) is 0 Å². The number of hydrogen-bond donors (Lipinski definition) is 5. The van der Waals surface area contributed by atoms with E-state index in [-0.39, 0.29) is 44.6 Å². The van der Waals surface area contributed by atoms with Gasteiger partial charge in [0.1, 0.15) is 18.2 Å². The van der Waals surface area contributed by atoms with Gasteiger partial charge in [0.05, 0.1) is 6.42 Å². The second-order valence-corrected chi connectivity index (χ2v) is 16.4. The van der Waals surface area contributed by atoms with Crippen molar-refractivity contribution in [3.8, 4) is 0 Å². The van der Waals surface area contributed by atoms with Gasteiger partial charge in [0.2, 0.25) is 11.8 Å². The largest absolute Gasteiger partial charge is 1.00 e. The first kappa shape index (κ1) is 57.4. The molecule has 0 radical (unpaired) electrons. The zero-order valence-electron chi connectivity index (χ0n) is 38.9. The predicted octanol–water partition coefficient (Wildman–Crippen LogP) is 11.4. The van der Waals surface area contributed by atoms with E-state index in [1.54, 1.807) is 0 Å². The summed E-state index contributed by atoms with van der Waals surface area (Å²) in [6.07, 6.45) is 35.7.